The van der Waals surface area contributed by atoms with E-state index in [0.717, 1.165) is 28.3 Å². The minimum atomic E-state index is -0.250. The fourth-order valence-corrected chi connectivity index (χ4v) is 4.27. The molecule has 9 nitrogen and oxygen atoms in total. The van der Waals surface area contributed by atoms with Crippen molar-refractivity contribution in [2.45, 2.75) is 19.4 Å². The normalized spacial score (nSPS) is 15.9. The molecular formula is C23H20FN5O4. The first-order valence-electron chi connectivity index (χ1n) is 10.3. The maximum Gasteiger partial charge on any atom is 0.290 e. The zero-order valence-electron chi connectivity index (χ0n) is 17.7. The summed E-state index contributed by atoms with van der Waals surface area (Å²) in [4.78, 5) is 13.0. The number of hydrogen-bond acceptors (Lipinski definition) is 7. The smallest absolute Gasteiger partial charge is 0.290 e. The Morgan fingerprint density at radius 2 is 2.00 bits per heavy atom. The minimum absolute atomic E-state index is 0.0318. The molecule has 4 aromatic rings. The van der Waals surface area contributed by atoms with Gasteiger partial charge in [-0.1, -0.05) is 6.07 Å². The molecule has 168 valence electrons. The molecule has 3 aromatic heterocycles. The highest BCUT2D eigenvalue weighted by Gasteiger charge is 2.31. The highest BCUT2D eigenvalue weighted by molar-refractivity contribution is 5.80. The van der Waals surface area contributed by atoms with Gasteiger partial charge in [0, 0.05) is 28.9 Å². The molecule has 0 radical (unpaired) electrons. The largest absolute Gasteiger partial charge is 0.493 e. The highest BCUT2D eigenvalue weighted by atomic mass is 19.1. The molecule has 5 heterocycles. The number of benzene rings is 1. The topological polar surface area (TPSA) is 111 Å². The molecule has 0 spiro atoms. The lowest BCUT2D eigenvalue weighted by molar-refractivity contribution is -0.122. The van der Waals surface area contributed by atoms with Gasteiger partial charge in [-0.05, 0) is 37.3 Å². The second kappa shape index (κ2) is 8.38. The van der Waals surface area contributed by atoms with Crippen molar-refractivity contribution < 1.29 is 23.8 Å². The molecule has 6 rings (SSSR count). The van der Waals surface area contributed by atoms with Crippen LogP contribution in [0.1, 0.15) is 22.7 Å². The molecule has 2 N–H and O–H groups in total. The predicted octanol–water partition coefficient (Wildman–Crippen LogP) is 3.42. The van der Waals surface area contributed by atoms with E-state index >= 15 is 0 Å². The number of anilines is 1. The molecule has 0 amide bonds. The summed E-state index contributed by atoms with van der Waals surface area (Å²) < 4.78 is 28.5. The molecule has 1 aromatic carbocycles. The van der Waals surface area contributed by atoms with Gasteiger partial charge in [0.2, 0.25) is 0 Å². The molecule has 33 heavy (non-hydrogen) atoms. The number of nitrogens with one attached hydrogen (secondary N) is 1. The third-order valence-electron chi connectivity index (χ3n) is 5.68. The Morgan fingerprint density at radius 1 is 1.21 bits per heavy atom. The number of carbonyl (C=O) groups is 1. The van der Waals surface area contributed by atoms with Crippen LogP contribution in [0.4, 0.5) is 10.2 Å². The van der Waals surface area contributed by atoms with Crippen LogP contribution >= 0.6 is 0 Å². The fraction of sp³-hybridized carbons (Fsp3) is 0.217. The Hall–Kier alpha value is -4.21. The maximum absolute atomic E-state index is 14.7. The second-order valence-electron chi connectivity index (χ2n) is 7.68. The van der Waals surface area contributed by atoms with E-state index in [1.165, 1.54) is 6.07 Å². The van der Waals surface area contributed by atoms with Gasteiger partial charge in [0.25, 0.3) is 6.47 Å². The Morgan fingerprint density at radius 3 is 2.79 bits per heavy atom. The standard InChI is InChI=1S/C22H18FN5O2.CH2O2/c1-12-3-2-4-17(26-12)14-7-19-22(28-11-25-27-21(14)28)24-8-15-16(23)5-6-18-20(15)13(9-29-18)10-30-19;2-1-3/h2-7,11,13,24H,8-10H2,1H3;1H,(H,2,3)/t13-;/m0./s1. The third-order valence-corrected chi connectivity index (χ3v) is 5.68. The lowest BCUT2D eigenvalue weighted by Crippen LogP contribution is -2.13. The van der Waals surface area contributed by atoms with Crippen molar-refractivity contribution in [1.29, 1.82) is 0 Å². The van der Waals surface area contributed by atoms with Gasteiger partial charge < -0.3 is 19.9 Å². The van der Waals surface area contributed by atoms with Crippen molar-refractivity contribution in [3.8, 4) is 22.8 Å². The quantitative estimate of drug-likeness (QED) is 0.426. The summed E-state index contributed by atoms with van der Waals surface area (Å²) in [5.41, 5.74) is 4.68. The molecule has 0 saturated heterocycles. The number of fused-ring (bicyclic) bond motifs is 3. The van der Waals surface area contributed by atoms with Crippen LogP contribution in [0.2, 0.25) is 0 Å². The molecular weight excluding hydrogens is 429 g/mol. The van der Waals surface area contributed by atoms with Gasteiger partial charge in [-0.15, -0.1) is 10.2 Å². The molecule has 0 fully saturated rings. The number of nitrogens with zero attached hydrogens (tertiary/aromatic N) is 4. The molecule has 1 atom stereocenters. The summed E-state index contributed by atoms with van der Waals surface area (Å²) in [5, 5.41) is 18.6. The summed E-state index contributed by atoms with van der Waals surface area (Å²) in [7, 11) is 0. The number of aromatic nitrogens is 4. The van der Waals surface area contributed by atoms with Gasteiger partial charge in [0.15, 0.2) is 17.2 Å². The van der Waals surface area contributed by atoms with E-state index in [-0.39, 0.29) is 18.2 Å². The zero-order chi connectivity index (χ0) is 22.9. The number of aryl methyl sites for hydroxylation is 1. The molecule has 2 aliphatic rings. The van der Waals surface area contributed by atoms with E-state index in [9.17, 15) is 4.39 Å². The molecule has 0 unspecified atom stereocenters. The third kappa shape index (κ3) is 3.59. The van der Waals surface area contributed by atoms with Gasteiger partial charge in [0.05, 0.1) is 24.8 Å². The summed E-state index contributed by atoms with van der Waals surface area (Å²) in [6.07, 6.45) is 1.63. The van der Waals surface area contributed by atoms with Crippen molar-refractivity contribution in [3.05, 3.63) is 65.4 Å². The van der Waals surface area contributed by atoms with Crippen LogP contribution < -0.4 is 14.8 Å². The lowest BCUT2D eigenvalue weighted by Gasteiger charge is -2.16. The van der Waals surface area contributed by atoms with E-state index in [1.54, 1.807) is 12.4 Å². The molecule has 0 aliphatic carbocycles. The van der Waals surface area contributed by atoms with Crippen molar-refractivity contribution in [2.24, 2.45) is 0 Å². The number of carboxylic acid groups (broad SMARTS) is 1. The summed E-state index contributed by atoms with van der Waals surface area (Å²) in [5.74, 6) is 1.77. The average Bonchev–Trinajstić information content (AvgIpc) is 3.45. The number of rotatable bonds is 1. The number of pyridine rings is 2. The van der Waals surface area contributed by atoms with Gasteiger partial charge in [-0.3, -0.25) is 14.2 Å². The minimum Gasteiger partial charge on any atom is -0.493 e. The number of ether oxygens (including phenoxy) is 2. The SMILES string of the molecule is Cc1cccc(-c2cc3c(n4cnnc24)NCc2c(F)ccc4c2[C@@H](CO4)CO3)n1.O=CO. The predicted molar refractivity (Wildman–Crippen MR) is 117 cm³/mol. The summed E-state index contributed by atoms with van der Waals surface area (Å²) in [6, 6.07) is 10.9. The van der Waals surface area contributed by atoms with E-state index in [0.29, 0.717) is 42.5 Å². The molecule has 0 saturated carbocycles. The van der Waals surface area contributed by atoms with Crippen LogP contribution in [0.3, 0.4) is 0 Å². The number of hydrogen-bond donors (Lipinski definition) is 2. The molecule has 2 aliphatic heterocycles. The first kappa shape index (κ1) is 20.7. The fourth-order valence-electron chi connectivity index (χ4n) is 4.27. The van der Waals surface area contributed by atoms with Gasteiger partial charge >= 0.3 is 0 Å². The Kier molecular flexibility index (Phi) is 5.25. The zero-order valence-corrected chi connectivity index (χ0v) is 17.7. The van der Waals surface area contributed by atoms with Gasteiger partial charge in [0.1, 0.15) is 17.9 Å². The van der Waals surface area contributed by atoms with Crippen LogP contribution in [0.25, 0.3) is 16.9 Å². The number of halogens is 1. The maximum atomic E-state index is 14.7. The van der Waals surface area contributed by atoms with Crippen molar-refractivity contribution >= 4 is 17.9 Å². The second-order valence-corrected chi connectivity index (χ2v) is 7.68. The summed E-state index contributed by atoms with van der Waals surface area (Å²) in [6.45, 7) is 2.86. The van der Waals surface area contributed by atoms with Crippen LogP contribution in [-0.2, 0) is 11.3 Å². The van der Waals surface area contributed by atoms with E-state index in [2.05, 4.69) is 20.5 Å². The van der Waals surface area contributed by atoms with Crippen LogP contribution in [0, 0.1) is 12.7 Å². The summed E-state index contributed by atoms with van der Waals surface area (Å²) >= 11 is 0. The average molecular weight is 449 g/mol. The lowest BCUT2D eigenvalue weighted by atomic mass is 9.96. The van der Waals surface area contributed by atoms with Crippen LogP contribution in [-0.4, -0.2) is 44.4 Å². The van der Waals surface area contributed by atoms with E-state index in [1.807, 2.05) is 35.6 Å². The Labute approximate surface area is 187 Å². The first-order chi connectivity index (χ1) is 16.1. The van der Waals surface area contributed by atoms with Crippen molar-refractivity contribution in [2.75, 3.05) is 18.5 Å². The van der Waals surface area contributed by atoms with Crippen LogP contribution in [0.15, 0.2) is 42.7 Å². The van der Waals surface area contributed by atoms with Crippen molar-refractivity contribution in [3.63, 3.8) is 0 Å². The van der Waals surface area contributed by atoms with E-state index in [4.69, 9.17) is 19.4 Å². The monoisotopic (exact) mass is 449 g/mol. The molecule has 0 bridgehead atoms. The van der Waals surface area contributed by atoms with E-state index < -0.39 is 0 Å². The molecule has 10 heteroatoms. The Balaban J connectivity index is 0.000000724. The van der Waals surface area contributed by atoms with Crippen molar-refractivity contribution in [1.82, 2.24) is 19.6 Å². The van der Waals surface area contributed by atoms with Gasteiger partial charge in [-0.25, -0.2) is 4.39 Å². The Bertz CT molecular complexity index is 1360. The van der Waals surface area contributed by atoms with Crippen LogP contribution in [0.5, 0.6) is 11.5 Å². The van der Waals surface area contributed by atoms with Gasteiger partial charge in [-0.2, -0.15) is 0 Å². The first-order valence-corrected chi connectivity index (χ1v) is 10.3. The highest BCUT2D eigenvalue weighted by Crippen LogP contribution is 2.41.